The number of aliphatic hydroxyl groups excluding tert-OH is 1. The Morgan fingerprint density at radius 1 is 1.04 bits per heavy atom. The highest BCUT2D eigenvalue weighted by Gasteiger charge is 2.48. The summed E-state index contributed by atoms with van der Waals surface area (Å²) in [5, 5.41) is 10.2. The van der Waals surface area contributed by atoms with E-state index in [0.717, 1.165) is 18.2 Å². The van der Waals surface area contributed by atoms with Crippen LogP contribution in [0.5, 0.6) is 0 Å². The molecule has 0 aliphatic heterocycles. The fourth-order valence-electron chi connectivity index (χ4n) is 2.56. The van der Waals surface area contributed by atoms with Crippen LogP contribution < -0.4 is 11.5 Å². The minimum absolute atomic E-state index is 0.0870. The zero-order valence-corrected chi connectivity index (χ0v) is 12.3. The van der Waals surface area contributed by atoms with E-state index < -0.39 is 46.5 Å². The number of amides is 1. The molecule has 1 aliphatic carbocycles. The van der Waals surface area contributed by atoms with Gasteiger partial charge >= 0.3 is 12.4 Å². The highest BCUT2D eigenvalue weighted by atomic mass is 19.4. The summed E-state index contributed by atoms with van der Waals surface area (Å²) in [5.41, 5.74) is 3.98. The number of rotatable bonds is 2. The van der Waals surface area contributed by atoms with Crippen molar-refractivity contribution >= 4 is 5.91 Å². The van der Waals surface area contributed by atoms with E-state index in [1.807, 2.05) is 0 Å². The molecule has 2 unspecified atom stereocenters. The first-order valence-electron chi connectivity index (χ1n) is 6.73. The van der Waals surface area contributed by atoms with Gasteiger partial charge in [-0.05, 0) is 29.8 Å². The van der Waals surface area contributed by atoms with Crippen molar-refractivity contribution in [1.29, 1.82) is 0 Å². The summed E-state index contributed by atoms with van der Waals surface area (Å²) in [5.74, 6) is -1.35. The van der Waals surface area contributed by atoms with E-state index in [0.29, 0.717) is 12.1 Å². The smallest absolute Gasteiger partial charge is 0.400 e. The van der Waals surface area contributed by atoms with E-state index in [-0.39, 0.29) is 11.8 Å². The van der Waals surface area contributed by atoms with E-state index in [2.05, 4.69) is 0 Å². The Kier molecular flexibility index (Phi) is 4.37. The van der Waals surface area contributed by atoms with E-state index in [1.54, 1.807) is 0 Å². The fourth-order valence-corrected chi connectivity index (χ4v) is 2.56. The molecule has 136 valence electrons. The van der Waals surface area contributed by atoms with Gasteiger partial charge in [-0.2, -0.15) is 26.3 Å². The maximum absolute atomic E-state index is 13.0. The van der Waals surface area contributed by atoms with Crippen molar-refractivity contribution in [3.8, 4) is 0 Å². The number of hydrogen-bond acceptors (Lipinski definition) is 3. The average molecular weight is 366 g/mol. The first kappa shape index (κ1) is 18.8. The van der Waals surface area contributed by atoms with Gasteiger partial charge in [0.05, 0.1) is 11.1 Å². The van der Waals surface area contributed by atoms with E-state index in [9.17, 15) is 36.2 Å². The topological polar surface area (TPSA) is 89.3 Å². The number of aliphatic hydroxyl groups is 1. The molecular weight excluding hydrogens is 354 g/mol. The molecule has 25 heavy (non-hydrogen) atoms. The van der Waals surface area contributed by atoms with Crippen molar-refractivity contribution in [2.45, 2.75) is 23.9 Å². The molecule has 0 spiro atoms. The lowest BCUT2D eigenvalue weighted by atomic mass is 9.71. The molecule has 5 N–H and O–H groups in total. The van der Waals surface area contributed by atoms with Crippen LogP contribution in [0.25, 0.3) is 0 Å². The van der Waals surface area contributed by atoms with Crippen molar-refractivity contribution in [1.82, 2.24) is 0 Å². The predicted octanol–water partition coefficient (Wildman–Crippen LogP) is 2.22. The zero-order valence-electron chi connectivity index (χ0n) is 12.3. The van der Waals surface area contributed by atoms with Crippen molar-refractivity contribution in [2.24, 2.45) is 11.5 Å². The summed E-state index contributed by atoms with van der Waals surface area (Å²) >= 11 is 0. The minimum atomic E-state index is -5.11. The summed E-state index contributed by atoms with van der Waals surface area (Å²) in [6.07, 6.45) is -8.94. The summed E-state index contributed by atoms with van der Waals surface area (Å²) in [7, 11) is 0. The molecule has 0 fully saturated rings. The number of primary amides is 1. The molecule has 1 amide bonds. The molecule has 10 heteroatoms. The van der Waals surface area contributed by atoms with Gasteiger partial charge in [0.2, 0.25) is 5.91 Å². The highest BCUT2D eigenvalue weighted by Crippen LogP contribution is 2.41. The second kappa shape index (κ2) is 5.80. The van der Waals surface area contributed by atoms with Gasteiger partial charge in [0.1, 0.15) is 11.5 Å². The first-order chi connectivity index (χ1) is 11.3. The molecule has 0 saturated carbocycles. The van der Waals surface area contributed by atoms with Crippen LogP contribution in [0.15, 0.2) is 42.1 Å². The number of carbonyl (C=O) groups is 1. The zero-order chi connectivity index (χ0) is 19.2. The van der Waals surface area contributed by atoms with Gasteiger partial charge in [-0.1, -0.05) is 12.2 Å². The van der Waals surface area contributed by atoms with E-state index in [4.69, 9.17) is 11.5 Å². The third-order valence-electron chi connectivity index (χ3n) is 3.87. The lowest BCUT2D eigenvalue weighted by Gasteiger charge is -2.35. The normalized spacial score (nSPS) is 24.1. The van der Waals surface area contributed by atoms with Crippen molar-refractivity contribution in [3.05, 3.63) is 58.8 Å². The van der Waals surface area contributed by atoms with E-state index in [1.165, 1.54) is 0 Å². The quantitative estimate of drug-likeness (QED) is 0.701. The number of benzene rings is 1. The van der Waals surface area contributed by atoms with Gasteiger partial charge < -0.3 is 16.6 Å². The van der Waals surface area contributed by atoms with Crippen LogP contribution in [-0.4, -0.2) is 17.1 Å². The minimum Gasteiger partial charge on any atom is -0.400 e. The van der Waals surface area contributed by atoms with Crippen LogP contribution in [0.2, 0.25) is 0 Å². The second-order valence-electron chi connectivity index (χ2n) is 5.46. The van der Waals surface area contributed by atoms with Crippen LogP contribution >= 0.6 is 0 Å². The summed E-state index contributed by atoms with van der Waals surface area (Å²) in [4.78, 5) is 11.9. The number of alkyl halides is 6. The van der Waals surface area contributed by atoms with Crippen LogP contribution in [0.1, 0.15) is 16.7 Å². The summed E-state index contributed by atoms with van der Waals surface area (Å²) in [6.45, 7) is 0. The Hall–Kier alpha value is -2.49. The molecule has 0 bridgehead atoms. The standard InChI is InChI=1S/C15H12F6N2O2/c16-14(17,18)8-4-7(5-9(6-8)15(19,20)21)13(12(23)25)3-1-2-10(22)11(13)24/h1-6,11,24H,22H2,(H2,23,25). The van der Waals surface area contributed by atoms with Crippen LogP contribution in [0.3, 0.4) is 0 Å². The van der Waals surface area contributed by atoms with Gasteiger partial charge in [-0.15, -0.1) is 0 Å². The highest BCUT2D eigenvalue weighted by molar-refractivity contribution is 5.91. The molecule has 2 atom stereocenters. The number of nitrogens with two attached hydrogens (primary N) is 2. The van der Waals surface area contributed by atoms with Gasteiger partial charge in [0, 0.05) is 5.70 Å². The SMILES string of the molecule is NC(=O)C1(c2cc(C(F)(F)F)cc(C(F)(F)F)c2)C=CC=C(N)C1O. The maximum atomic E-state index is 13.0. The largest absolute Gasteiger partial charge is 0.416 e. The Morgan fingerprint density at radius 3 is 1.92 bits per heavy atom. The molecule has 2 rings (SSSR count). The van der Waals surface area contributed by atoms with Gasteiger partial charge in [-0.3, -0.25) is 4.79 Å². The average Bonchev–Trinajstić information content (AvgIpc) is 2.47. The molecule has 1 aliphatic rings. The van der Waals surface area contributed by atoms with Gasteiger partial charge in [0.25, 0.3) is 0 Å². The van der Waals surface area contributed by atoms with E-state index >= 15 is 0 Å². The summed E-state index contributed by atoms with van der Waals surface area (Å²) in [6, 6.07) is 0.592. The fraction of sp³-hybridized carbons (Fsp3) is 0.267. The second-order valence-corrected chi connectivity index (χ2v) is 5.46. The summed E-state index contributed by atoms with van der Waals surface area (Å²) < 4.78 is 78.0. The van der Waals surface area contributed by atoms with Crippen LogP contribution in [0, 0.1) is 0 Å². The van der Waals surface area contributed by atoms with Crippen LogP contribution in [-0.2, 0) is 22.6 Å². The molecule has 4 nitrogen and oxygen atoms in total. The predicted molar refractivity (Wildman–Crippen MR) is 74.7 cm³/mol. The van der Waals surface area contributed by atoms with Crippen molar-refractivity contribution in [3.63, 3.8) is 0 Å². The molecule has 0 heterocycles. The molecule has 1 aromatic carbocycles. The Bertz CT molecular complexity index is 734. The first-order valence-corrected chi connectivity index (χ1v) is 6.73. The molecule has 1 aromatic rings. The van der Waals surface area contributed by atoms with Gasteiger partial charge in [-0.25, -0.2) is 0 Å². The molecule has 0 radical (unpaired) electrons. The lowest BCUT2D eigenvalue weighted by molar-refractivity contribution is -0.143. The Balaban J connectivity index is 2.82. The van der Waals surface area contributed by atoms with Crippen molar-refractivity contribution in [2.75, 3.05) is 0 Å². The number of hydrogen-bond donors (Lipinski definition) is 3. The molecule has 0 saturated heterocycles. The Labute approximate surface area is 137 Å². The number of halogens is 6. The monoisotopic (exact) mass is 366 g/mol. The lowest BCUT2D eigenvalue weighted by Crippen LogP contribution is -2.52. The Morgan fingerprint density at radius 2 is 1.52 bits per heavy atom. The number of allylic oxidation sites excluding steroid dienone is 2. The number of carbonyl (C=O) groups excluding carboxylic acids is 1. The molecule has 0 aromatic heterocycles. The maximum Gasteiger partial charge on any atom is 0.416 e. The van der Waals surface area contributed by atoms with Gasteiger partial charge in [0.15, 0.2) is 0 Å². The third-order valence-corrected chi connectivity index (χ3v) is 3.87. The van der Waals surface area contributed by atoms with Crippen molar-refractivity contribution < 1.29 is 36.2 Å². The van der Waals surface area contributed by atoms with Crippen LogP contribution in [0.4, 0.5) is 26.3 Å². The third kappa shape index (κ3) is 3.21. The molecular formula is C15H12F6N2O2.